The minimum absolute atomic E-state index is 0.132. The van der Waals surface area contributed by atoms with E-state index in [0.29, 0.717) is 18.7 Å². The topological polar surface area (TPSA) is 56.8 Å². The number of amides is 1. The second kappa shape index (κ2) is 6.51. The Hall–Kier alpha value is -1.89. The number of carbonyl (C=O) groups excluding carboxylic acids is 1. The maximum absolute atomic E-state index is 12.3. The van der Waals surface area contributed by atoms with Gasteiger partial charge in [0.15, 0.2) is 11.5 Å². The molecule has 0 spiro atoms. The summed E-state index contributed by atoms with van der Waals surface area (Å²) in [5, 5.41) is 2.60. The lowest BCUT2D eigenvalue weighted by Crippen LogP contribution is -2.26. The average molecular weight is 287 g/mol. The van der Waals surface area contributed by atoms with Crippen molar-refractivity contribution in [3.63, 3.8) is 0 Å². The number of methoxy groups -OCH3 is 1. The predicted octanol–water partition coefficient (Wildman–Crippen LogP) is 2.41. The van der Waals surface area contributed by atoms with E-state index in [4.69, 9.17) is 9.47 Å². The van der Waals surface area contributed by atoms with Gasteiger partial charge in [-0.25, -0.2) is 0 Å². The summed E-state index contributed by atoms with van der Waals surface area (Å²) in [7, 11) is 1.35. The van der Waals surface area contributed by atoms with Gasteiger partial charge in [0.05, 0.1) is 7.11 Å². The Morgan fingerprint density at radius 2 is 2.25 bits per heavy atom. The number of ether oxygens (including phenoxy) is 3. The van der Waals surface area contributed by atoms with Crippen LogP contribution in [0.5, 0.6) is 11.5 Å². The van der Waals surface area contributed by atoms with Gasteiger partial charge >= 0.3 is 6.61 Å². The SMILES string of the molecule is COc1ccc(NC(=O)[C@H]2CCCO2)cc1OC(F)F. The summed E-state index contributed by atoms with van der Waals surface area (Å²) in [6.45, 7) is -2.41. The van der Waals surface area contributed by atoms with E-state index in [-0.39, 0.29) is 17.4 Å². The Balaban J connectivity index is 2.09. The zero-order valence-corrected chi connectivity index (χ0v) is 10.9. The van der Waals surface area contributed by atoms with Crippen molar-refractivity contribution in [2.24, 2.45) is 0 Å². The lowest BCUT2D eigenvalue weighted by Gasteiger charge is -2.14. The zero-order chi connectivity index (χ0) is 14.5. The van der Waals surface area contributed by atoms with Crippen LogP contribution in [0.4, 0.5) is 14.5 Å². The highest BCUT2D eigenvalue weighted by Crippen LogP contribution is 2.31. The first-order valence-electron chi connectivity index (χ1n) is 6.15. The third-order valence-corrected chi connectivity index (χ3v) is 2.87. The van der Waals surface area contributed by atoms with Crippen molar-refractivity contribution in [3.8, 4) is 11.5 Å². The molecule has 2 rings (SSSR count). The van der Waals surface area contributed by atoms with Crippen LogP contribution in [-0.2, 0) is 9.53 Å². The second-order valence-electron chi connectivity index (χ2n) is 4.24. The molecule has 1 aliphatic heterocycles. The molecule has 1 N–H and O–H groups in total. The summed E-state index contributed by atoms with van der Waals surface area (Å²) < 4.78 is 39.1. The molecule has 1 saturated heterocycles. The summed E-state index contributed by atoms with van der Waals surface area (Å²) in [5.74, 6) is -0.260. The van der Waals surface area contributed by atoms with Crippen molar-refractivity contribution in [2.75, 3.05) is 19.0 Å². The number of hydrogen-bond acceptors (Lipinski definition) is 4. The Morgan fingerprint density at radius 1 is 1.45 bits per heavy atom. The molecule has 5 nitrogen and oxygen atoms in total. The van der Waals surface area contributed by atoms with Gasteiger partial charge in [-0.1, -0.05) is 0 Å². The van der Waals surface area contributed by atoms with Crippen LogP contribution in [0.15, 0.2) is 18.2 Å². The first kappa shape index (κ1) is 14.5. The largest absolute Gasteiger partial charge is 0.493 e. The Bertz CT molecular complexity index is 475. The first-order chi connectivity index (χ1) is 9.60. The molecule has 1 aromatic rings. The normalized spacial score (nSPS) is 18.1. The van der Waals surface area contributed by atoms with Crippen molar-refractivity contribution >= 4 is 11.6 Å². The number of nitrogens with one attached hydrogen (secondary N) is 1. The summed E-state index contributed by atoms with van der Waals surface area (Å²) in [5.41, 5.74) is 0.349. The van der Waals surface area contributed by atoms with Gasteiger partial charge in [0.1, 0.15) is 6.10 Å². The van der Waals surface area contributed by atoms with E-state index >= 15 is 0 Å². The van der Waals surface area contributed by atoms with Crippen molar-refractivity contribution in [1.82, 2.24) is 0 Å². The van der Waals surface area contributed by atoms with Crippen molar-refractivity contribution in [2.45, 2.75) is 25.6 Å². The number of rotatable bonds is 5. The average Bonchev–Trinajstić information content (AvgIpc) is 2.92. The van der Waals surface area contributed by atoms with Crippen LogP contribution < -0.4 is 14.8 Å². The van der Waals surface area contributed by atoms with Crippen LogP contribution in [0, 0.1) is 0 Å². The standard InChI is InChI=1S/C13H15F2NO4/c1-18-9-5-4-8(7-11(9)20-13(14)15)16-12(17)10-3-2-6-19-10/h4-5,7,10,13H,2-3,6H2,1H3,(H,16,17)/t10-/m1/s1. The molecule has 1 fully saturated rings. The van der Waals surface area contributed by atoms with Crippen LogP contribution in [-0.4, -0.2) is 32.3 Å². The molecule has 0 unspecified atom stereocenters. The molecular formula is C13H15F2NO4. The number of carbonyl (C=O) groups is 1. The van der Waals surface area contributed by atoms with Crippen LogP contribution >= 0.6 is 0 Å². The van der Waals surface area contributed by atoms with Gasteiger partial charge in [0, 0.05) is 18.4 Å². The van der Waals surface area contributed by atoms with Crippen molar-refractivity contribution in [1.29, 1.82) is 0 Å². The van der Waals surface area contributed by atoms with Crippen molar-refractivity contribution in [3.05, 3.63) is 18.2 Å². The summed E-state index contributed by atoms with van der Waals surface area (Å²) >= 11 is 0. The molecule has 1 atom stereocenters. The first-order valence-corrected chi connectivity index (χ1v) is 6.15. The maximum atomic E-state index is 12.3. The fourth-order valence-corrected chi connectivity index (χ4v) is 1.95. The highest BCUT2D eigenvalue weighted by Gasteiger charge is 2.24. The molecular weight excluding hydrogens is 272 g/mol. The molecule has 0 aliphatic carbocycles. The van der Waals surface area contributed by atoms with E-state index in [1.54, 1.807) is 6.07 Å². The molecule has 20 heavy (non-hydrogen) atoms. The monoisotopic (exact) mass is 287 g/mol. The fourth-order valence-electron chi connectivity index (χ4n) is 1.95. The molecule has 1 amide bonds. The summed E-state index contributed by atoms with van der Waals surface area (Å²) in [6.07, 6.45) is 1.000. The van der Waals surface area contributed by atoms with E-state index in [1.807, 2.05) is 0 Å². The highest BCUT2D eigenvalue weighted by atomic mass is 19.3. The Kier molecular flexibility index (Phi) is 4.73. The Morgan fingerprint density at radius 3 is 2.85 bits per heavy atom. The van der Waals surface area contributed by atoms with Gasteiger partial charge in [-0.05, 0) is 25.0 Å². The van der Waals surface area contributed by atoms with Gasteiger partial charge < -0.3 is 19.5 Å². The van der Waals surface area contributed by atoms with Crippen LogP contribution in [0.1, 0.15) is 12.8 Å². The number of hydrogen-bond donors (Lipinski definition) is 1. The van der Waals surface area contributed by atoms with Gasteiger partial charge in [0.25, 0.3) is 5.91 Å². The highest BCUT2D eigenvalue weighted by molar-refractivity contribution is 5.94. The fraction of sp³-hybridized carbons (Fsp3) is 0.462. The predicted molar refractivity (Wildman–Crippen MR) is 67.2 cm³/mol. The van der Waals surface area contributed by atoms with Gasteiger partial charge in [-0.3, -0.25) is 4.79 Å². The van der Waals surface area contributed by atoms with Crippen LogP contribution in [0.3, 0.4) is 0 Å². The number of alkyl halides is 2. The third-order valence-electron chi connectivity index (χ3n) is 2.87. The molecule has 1 aliphatic rings. The van der Waals surface area contributed by atoms with E-state index in [0.717, 1.165) is 6.42 Å². The molecule has 0 bridgehead atoms. The van der Waals surface area contributed by atoms with Gasteiger partial charge in [0.2, 0.25) is 0 Å². The minimum Gasteiger partial charge on any atom is -0.493 e. The molecule has 1 aromatic carbocycles. The molecule has 1 heterocycles. The number of halogens is 2. The maximum Gasteiger partial charge on any atom is 0.387 e. The number of anilines is 1. The summed E-state index contributed by atoms with van der Waals surface area (Å²) in [4.78, 5) is 11.8. The molecule has 110 valence electrons. The third kappa shape index (κ3) is 3.57. The van der Waals surface area contributed by atoms with Gasteiger partial charge in [-0.15, -0.1) is 0 Å². The van der Waals surface area contributed by atoms with Crippen LogP contribution in [0.25, 0.3) is 0 Å². The van der Waals surface area contributed by atoms with E-state index in [2.05, 4.69) is 10.1 Å². The summed E-state index contributed by atoms with van der Waals surface area (Å²) in [6, 6.07) is 4.28. The van der Waals surface area contributed by atoms with Crippen molar-refractivity contribution < 1.29 is 27.8 Å². The minimum atomic E-state index is -2.96. The smallest absolute Gasteiger partial charge is 0.387 e. The van der Waals surface area contributed by atoms with E-state index in [1.165, 1.54) is 19.2 Å². The lowest BCUT2D eigenvalue weighted by atomic mass is 10.2. The lowest BCUT2D eigenvalue weighted by molar-refractivity contribution is -0.124. The zero-order valence-electron chi connectivity index (χ0n) is 10.9. The van der Waals surface area contributed by atoms with Gasteiger partial charge in [-0.2, -0.15) is 8.78 Å². The number of benzene rings is 1. The molecule has 0 radical (unpaired) electrons. The Labute approximate surface area is 114 Å². The molecule has 7 heteroatoms. The van der Waals surface area contributed by atoms with E-state index in [9.17, 15) is 13.6 Å². The molecule has 0 aromatic heterocycles. The molecule has 0 saturated carbocycles. The van der Waals surface area contributed by atoms with E-state index < -0.39 is 12.7 Å². The second-order valence-corrected chi connectivity index (χ2v) is 4.24. The quantitative estimate of drug-likeness (QED) is 0.903. The van der Waals surface area contributed by atoms with Crippen LogP contribution in [0.2, 0.25) is 0 Å².